The third-order valence-corrected chi connectivity index (χ3v) is 4.88. The van der Waals surface area contributed by atoms with Gasteiger partial charge >= 0.3 is 0 Å². The maximum atomic E-state index is 12.8. The number of morpholine rings is 1. The molecular weight excluding hydrogens is 310 g/mol. The number of hydrogen-bond donors (Lipinski definition) is 0. The number of benzene rings is 1. The Morgan fingerprint density at radius 2 is 1.96 bits per heavy atom. The number of nitrogens with zero attached hydrogens (tertiary/aromatic N) is 3. The number of carbonyl (C=O) groups is 1. The van der Waals surface area contributed by atoms with Crippen molar-refractivity contribution < 1.29 is 9.53 Å². The summed E-state index contributed by atoms with van der Waals surface area (Å²) < 4.78 is 6.42. The van der Waals surface area contributed by atoms with Crippen LogP contribution in [0.25, 0.3) is 20.9 Å². The van der Waals surface area contributed by atoms with Crippen molar-refractivity contribution in [3.63, 3.8) is 0 Å². The van der Waals surface area contributed by atoms with Crippen LogP contribution < -0.4 is 0 Å². The lowest BCUT2D eigenvalue weighted by Gasteiger charge is -2.27. The molecule has 0 unspecified atom stereocenters. The minimum atomic E-state index is -0.00402. The van der Waals surface area contributed by atoms with Gasteiger partial charge in [-0.05, 0) is 24.3 Å². The van der Waals surface area contributed by atoms with Gasteiger partial charge in [-0.1, -0.05) is 12.1 Å². The summed E-state index contributed by atoms with van der Waals surface area (Å²) in [6, 6.07) is 11.6. The summed E-state index contributed by atoms with van der Waals surface area (Å²) in [5.41, 5.74) is 2.20. The van der Waals surface area contributed by atoms with E-state index in [-0.39, 0.29) is 5.91 Å². The SMILES string of the molecule is O=C(c1cccnc1-c1nc2ccccc2s1)N1CCOCC1. The summed E-state index contributed by atoms with van der Waals surface area (Å²) in [4.78, 5) is 23.7. The largest absolute Gasteiger partial charge is 0.378 e. The maximum absolute atomic E-state index is 12.8. The highest BCUT2D eigenvalue weighted by Gasteiger charge is 2.23. The van der Waals surface area contributed by atoms with Gasteiger partial charge in [0.05, 0.1) is 29.0 Å². The van der Waals surface area contributed by atoms with Crippen LogP contribution in [0.4, 0.5) is 0 Å². The summed E-state index contributed by atoms with van der Waals surface area (Å²) in [5.74, 6) is -0.00402. The van der Waals surface area contributed by atoms with Crippen LogP contribution >= 0.6 is 11.3 Å². The second-order valence-electron chi connectivity index (χ2n) is 5.29. The van der Waals surface area contributed by atoms with Gasteiger partial charge < -0.3 is 9.64 Å². The summed E-state index contributed by atoms with van der Waals surface area (Å²) in [6.07, 6.45) is 1.71. The highest BCUT2D eigenvalue weighted by atomic mass is 32.1. The molecule has 6 heteroatoms. The third kappa shape index (κ3) is 2.71. The van der Waals surface area contributed by atoms with Crippen LogP contribution in [-0.4, -0.2) is 47.1 Å². The van der Waals surface area contributed by atoms with E-state index >= 15 is 0 Å². The number of pyridine rings is 1. The van der Waals surface area contributed by atoms with Crippen LogP contribution in [0.5, 0.6) is 0 Å². The van der Waals surface area contributed by atoms with E-state index < -0.39 is 0 Å². The second kappa shape index (κ2) is 6.06. The van der Waals surface area contributed by atoms with Crippen molar-refractivity contribution in [3.8, 4) is 10.7 Å². The molecule has 1 saturated heterocycles. The fourth-order valence-corrected chi connectivity index (χ4v) is 3.64. The summed E-state index contributed by atoms with van der Waals surface area (Å²) in [6.45, 7) is 2.41. The first kappa shape index (κ1) is 14.3. The summed E-state index contributed by atoms with van der Waals surface area (Å²) in [7, 11) is 0. The van der Waals surface area contributed by atoms with Crippen LogP contribution in [0, 0.1) is 0 Å². The van der Waals surface area contributed by atoms with Gasteiger partial charge in [0.15, 0.2) is 0 Å². The highest BCUT2D eigenvalue weighted by Crippen LogP contribution is 2.31. The molecule has 4 rings (SSSR count). The van der Waals surface area contributed by atoms with Gasteiger partial charge in [-0.3, -0.25) is 9.78 Å². The van der Waals surface area contributed by atoms with E-state index in [1.807, 2.05) is 35.2 Å². The molecule has 1 aliphatic heterocycles. The average Bonchev–Trinajstić information content (AvgIpc) is 3.06. The van der Waals surface area contributed by atoms with Gasteiger partial charge in [-0.25, -0.2) is 4.98 Å². The quantitative estimate of drug-likeness (QED) is 0.727. The van der Waals surface area contributed by atoms with Crippen molar-refractivity contribution in [1.82, 2.24) is 14.9 Å². The van der Waals surface area contributed by atoms with Crippen LogP contribution in [0.3, 0.4) is 0 Å². The van der Waals surface area contributed by atoms with E-state index in [0.717, 1.165) is 15.2 Å². The number of carbonyl (C=O) groups excluding carboxylic acids is 1. The Morgan fingerprint density at radius 3 is 2.78 bits per heavy atom. The third-order valence-electron chi connectivity index (χ3n) is 3.83. The van der Waals surface area contributed by atoms with Crippen molar-refractivity contribution >= 4 is 27.5 Å². The number of rotatable bonds is 2. The van der Waals surface area contributed by atoms with Crippen molar-refractivity contribution in [2.24, 2.45) is 0 Å². The molecule has 0 spiro atoms. The molecule has 3 aromatic rings. The molecule has 1 amide bonds. The van der Waals surface area contributed by atoms with E-state index in [2.05, 4.69) is 9.97 Å². The predicted octanol–water partition coefficient (Wildman–Crippen LogP) is 2.83. The van der Waals surface area contributed by atoms with Crippen molar-refractivity contribution in [1.29, 1.82) is 0 Å². The van der Waals surface area contributed by atoms with E-state index in [0.29, 0.717) is 37.6 Å². The predicted molar refractivity (Wildman–Crippen MR) is 89.6 cm³/mol. The highest BCUT2D eigenvalue weighted by molar-refractivity contribution is 7.21. The summed E-state index contributed by atoms with van der Waals surface area (Å²) in [5, 5.41) is 0.781. The molecule has 0 bridgehead atoms. The fraction of sp³-hybridized carbons (Fsp3) is 0.235. The van der Waals surface area contributed by atoms with Crippen molar-refractivity contribution in [2.75, 3.05) is 26.3 Å². The van der Waals surface area contributed by atoms with Crippen molar-refractivity contribution in [2.45, 2.75) is 0 Å². The molecule has 1 fully saturated rings. The van der Waals surface area contributed by atoms with Gasteiger partial charge in [0.25, 0.3) is 5.91 Å². The van der Waals surface area contributed by atoms with Crippen LogP contribution in [0.2, 0.25) is 0 Å². The Bertz CT molecular complexity index is 823. The zero-order valence-electron chi connectivity index (χ0n) is 12.4. The molecule has 2 aromatic heterocycles. The smallest absolute Gasteiger partial charge is 0.256 e. The zero-order valence-corrected chi connectivity index (χ0v) is 13.3. The van der Waals surface area contributed by atoms with Crippen LogP contribution in [0.15, 0.2) is 42.6 Å². The number of ether oxygens (including phenoxy) is 1. The van der Waals surface area contributed by atoms with Gasteiger partial charge in [-0.15, -0.1) is 11.3 Å². The Morgan fingerprint density at radius 1 is 1.13 bits per heavy atom. The monoisotopic (exact) mass is 325 g/mol. The van der Waals surface area contributed by atoms with E-state index in [1.54, 1.807) is 23.6 Å². The number of amides is 1. The Labute approximate surface area is 137 Å². The molecule has 1 aromatic carbocycles. The summed E-state index contributed by atoms with van der Waals surface area (Å²) >= 11 is 1.56. The molecule has 3 heterocycles. The van der Waals surface area contributed by atoms with E-state index in [1.165, 1.54) is 0 Å². The molecule has 0 aliphatic carbocycles. The lowest BCUT2D eigenvalue weighted by Crippen LogP contribution is -2.40. The molecule has 0 saturated carbocycles. The Hall–Kier alpha value is -2.31. The minimum Gasteiger partial charge on any atom is -0.378 e. The first-order chi connectivity index (χ1) is 11.3. The molecule has 0 N–H and O–H groups in total. The average molecular weight is 325 g/mol. The number of hydrogen-bond acceptors (Lipinski definition) is 5. The lowest BCUT2D eigenvalue weighted by atomic mass is 10.1. The number of thiazole rings is 1. The van der Waals surface area contributed by atoms with E-state index in [9.17, 15) is 4.79 Å². The topological polar surface area (TPSA) is 55.3 Å². The minimum absolute atomic E-state index is 0.00402. The first-order valence-electron chi connectivity index (χ1n) is 7.51. The number of para-hydroxylation sites is 1. The molecule has 116 valence electrons. The Balaban J connectivity index is 1.75. The van der Waals surface area contributed by atoms with Gasteiger partial charge in [0.1, 0.15) is 10.7 Å². The standard InChI is InChI=1S/C17H15N3O2S/c21-17(20-8-10-22-11-9-20)12-4-3-7-18-15(12)16-19-13-5-1-2-6-14(13)23-16/h1-7H,8-11H2. The lowest BCUT2D eigenvalue weighted by molar-refractivity contribution is 0.0303. The maximum Gasteiger partial charge on any atom is 0.256 e. The Kier molecular flexibility index (Phi) is 3.77. The normalized spacial score (nSPS) is 15.0. The van der Waals surface area contributed by atoms with E-state index in [4.69, 9.17) is 4.74 Å². The van der Waals surface area contributed by atoms with Gasteiger partial charge in [-0.2, -0.15) is 0 Å². The fourth-order valence-electron chi connectivity index (χ4n) is 2.66. The van der Waals surface area contributed by atoms with Gasteiger partial charge in [0, 0.05) is 19.3 Å². The molecule has 1 aliphatic rings. The number of fused-ring (bicyclic) bond motifs is 1. The molecular formula is C17H15N3O2S. The number of aromatic nitrogens is 2. The first-order valence-corrected chi connectivity index (χ1v) is 8.32. The van der Waals surface area contributed by atoms with Gasteiger partial charge in [0.2, 0.25) is 0 Å². The second-order valence-corrected chi connectivity index (χ2v) is 6.32. The van der Waals surface area contributed by atoms with Crippen LogP contribution in [-0.2, 0) is 4.74 Å². The molecule has 5 nitrogen and oxygen atoms in total. The molecule has 0 atom stereocenters. The van der Waals surface area contributed by atoms with Crippen LogP contribution in [0.1, 0.15) is 10.4 Å². The molecule has 23 heavy (non-hydrogen) atoms. The zero-order chi connectivity index (χ0) is 15.6. The molecule has 0 radical (unpaired) electrons. The van der Waals surface area contributed by atoms with Crippen molar-refractivity contribution in [3.05, 3.63) is 48.2 Å².